The highest BCUT2D eigenvalue weighted by molar-refractivity contribution is 6.30. The summed E-state index contributed by atoms with van der Waals surface area (Å²) >= 11 is 5.84. The zero-order valence-electron chi connectivity index (χ0n) is 18.4. The molecule has 0 unspecified atom stereocenters. The van der Waals surface area contributed by atoms with Crippen LogP contribution in [0, 0.1) is 17.2 Å². The summed E-state index contributed by atoms with van der Waals surface area (Å²) in [4.78, 5) is 19.3. The maximum absolute atomic E-state index is 13.4. The molecule has 1 saturated heterocycles. The van der Waals surface area contributed by atoms with Crippen LogP contribution in [0.2, 0.25) is 5.02 Å². The summed E-state index contributed by atoms with van der Waals surface area (Å²) in [5, 5.41) is 3.05. The van der Waals surface area contributed by atoms with E-state index in [0.717, 1.165) is 37.5 Å². The number of oxazole rings is 1. The smallest absolute Gasteiger partial charge is 0.227 e. The molecule has 1 aliphatic heterocycles. The van der Waals surface area contributed by atoms with Crippen molar-refractivity contribution in [3.05, 3.63) is 46.9 Å². The first-order valence-corrected chi connectivity index (χ1v) is 10.9. The summed E-state index contributed by atoms with van der Waals surface area (Å²) in [5.74, 6) is 0.201. The summed E-state index contributed by atoms with van der Waals surface area (Å²) in [6.45, 7) is 13.0. The molecule has 1 aromatic carbocycles. The molecule has 1 aliphatic carbocycles. The van der Waals surface area contributed by atoms with Crippen molar-refractivity contribution in [1.29, 1.82) is 0 Å². The van der Waals surface area contributed by atoms with Gasteiger partial charge in [0.1, 0.15) is 12.1 Å². The van der Waals surface area contributed by atoms with Crippen LogP contribution in [0.15, 0.2) is 28.9 Å². The average molecular weight is 436 g/mol. The number of likely N-dealkylation sites (tertiary alicyclic amines) is 1. The molecule has 7 heteroatoms. The van der Waals surface area contributed by atoms with Gasteiger partial charge in [0.15, 0.2) is 0 Å². The van der Waals surface area contributed by atoms with Crippen LogP contribution in [0.25, 0.3) is 0 Å². The summed E-state index contributed by atoms with van der Waals surface area (Å²) in [5.41, 5.74) is 1.58. The van der Waals surface area contributed by atoms with Gasteiger partial charge in [-0.15, -0.1) is 0 Å². The predicted octanol–water partition coefficient (Wildman–Crippen LogP) is 5.64. The summed E-state index contributed by atoms with van der Waals surface area (Å²) in [7, 11) is 0. The van der Waals surface area contributed by atoms with Gasteiger partial charge in [0, 0.05) is 35.1 Å². The lowest BCUT2D eigenvalue weighted by atomic mass is 9.57. The maximum Gasteiger partial charge on any atom is 0.227 e. The Kier molecular flexibility index (Phi) is 6.58. The van der Waals surface area contributed by atoms with Crippen molar-refractivity contribution in [2.45, 2.75) is 59.4 Å². The van der Waals surface area contributed by atoms with Gasteiger partial charge in [0.25, 0.3) is 0 Å². The van der Waals surface area contributed by atoms with Gasteiger partial charge in [-0.05, 0) is 36.5 Å². The number of rotatable bonds is 4. The highest BCUT2D eigenvalue weighted by atomic mass is 35.5. The molecule has 4 rings (SSSR count). The molecule has 0 bridgehead atoms. The van der Waals surface area contributed by atoms with Crippen molar-refractivity contribution in [3.63, 3.8) is 0 Å². The third-order valence-corrected chi connectivity index (χ3v) is 5.87. The van der Waals surface area contributed by atoms with Crippen LogP contribution in [-0.2, 0) is 16.8 Å². The lowest BCUT2D eigenvalue weighted by molar-refractivity contribution is -0.140. The van der Waals surface area contributed by atoms with Crippen molar-refractivity contribution in [3.8, 4) is 0 Å². The summed E-state index contributed by atoms with van der Waals surface area (Å²) in [6, 6.07) is 4.06. The number of carbonyl (C=O) groups is 1. The highest BCUT2D eigenvalue weighted by Gasteiger charge is 2.54. The predicted molar refractivity (Wildman–Crippen MR) is 117 cm³/mol. The van der Waals surface area contributed by atoms with E-state index in [0.29, 0.717) is 12.2 Å². The normalized spacial score (nSPS) is 18.2. The lowest BCUT2D eigenvalue weighted by Crippen LogP contribution is -2.63. The summed E-state index contributed by atoms with van der Waals surface area (Å²) < 4.78 is 19.0. The first kappa shape index (κ1) is 22.8. The number of nitrogens with zero attached hydrogens (tertiary/aromatic N) is 2. The number of anilines is 1. The van der Waals surface area contributed by atoms with Crippen molar-refractivity contribution < 1.29 is 13.6 Å². The molecule has 0 atom stereocenters. The van der Waals surface area contributed by atoms with Crippen LogP contribution in [0.4, 0.5) is 10.1 Å². The SMILES string of the molecule is CC.CC(C)(C)c1coc(CN2CC3(CC(C(=O)Nc4cc(F)cc(Cl)c4)C3)C2)n1. The fraction of sp³-hybridized carbons (Fsp3) is 0.565. The molecule has 1 saturated carbocycles. The van der Waals surface area contributed by atoms with Gasteiger partial charge in [-0.1, -0.05) is 46.2 Å². The molecule has 2 fully saturated rings. The van der Waals surface area contributed by atoms with Crippen LogP contribution in [0.1, 0.15) is 59.0 Å². The standard InChI is InChI=1S/C21H25ClFN3O2.C2H6/c1-20(2,3)17-10-28-18(25-17)9-26-11-21(12-26)7-13(8-21)19(27)24-16-5-14(22)4-15(23)6-16;1-2/h4-6,10,13H,7-9,11-12H2,1-3H3,(H,24,27);1-2H3. The van der Waals surface area contributed by atoms with Crippen LogP contribution in [-0.4, -0.2) is 28.9 Å². The third kappa shape index (κ3) is 5.03. The van der Waals surface area contributed by atoms with Crippen molar-refractivity contribution >= 4 is 23.2 Å². The van der Waals surface area contributed by atoms with Gasteiger partial charge in [-0.2, -0.15) is 0 Å². The van der Waals surface area contributed by atoms with Gasteiger partial charge in [0.2, 0.25) is 11.8 Å². The Balaban J connectivity index is 0.00000124. The van der Waals surface area contributed by atoms with Crippen LogP contribution in [0.5, 0.6) is 0 Å². The molecule has 2 aliphatic rings. The molecule has 164 valence electrons. The van der Waals surface area contributed by atoms with Gasteiger partial charge >= 0.3 is 0 Å². The first-order valence-electron chi connectivity index (χ1n) is 10.6. The van der Waals surface area contributed by atoms with Crippen LogP contribution in [0.3, 0.4) is 0 Å². The van der Waals surface area contributed by atoms with E-state index in [1.165, 1.54) is 12.1 Å². The molecule has 5 nitrogen and oxygen atoms in total. The van der Waals surface area contributed by atoms with E-state index < -0.39 is 5.82 Å². The van der Waals surface area contributed by atoms with Gasteiger partial charge in [0.05, 0.1) is 12.2 Å². The minimum Gasteiger partial charge on any atom is -0.447 e. The average Bonchev–Trinajstić information content (AvgIpc) is 3.05. The van der Waals surface area contributed by atoms with E-state index in [4.69, 9.17) is 16.0 Å². The fourth-order valence-electron chi connectivity index (χ4n) is 4.23. The Morgan fingerprint density at radius 1 is 1.30 bits per heavy atom. The number of aromatic nitrogens is 1. The number of hydrogen-bond donors (Lipinski definition) is 1. The second-order valence-electron chi connectivity index (χ2n) is 9.27. The Bertz CT molecular complexity index is 872. The number of nitrogens with one attached hydrogen (secondary N) is 1. The second-order valence-corrected chi connectivity index (χ2v) is 9.71. The lowest BCUT2D eigenvalue weighted by Gasteiger charge is -2.58. The second kappa shape index (κ2) is 8.67. The first-order chi connectivity index (χ1) is 14.1. The Labute approximate surface area is 183 Å². The topological polar surface area (TPSA) is 58.4 Å². The highest BCUT2D eigenvalue weighted by Crippen LogP contribution is 2.52. The number of halogens is 2. The molecule has 1 amide bonds. The summed E-state index contributed by atoms with van der Waals surface area (Å²) in [6.07, 6.45) is 3.46. The largest absolute Gasteiger partial charge is 0.447 e. The molecule has 2 aromatic rings. The molecule has 1 aromatic heterocycles. The van der Waals surface area contributed by atoms with E-state index in [9.17, 15) is 9.18 Å². The monoisotopic (exact) mass is 435 g/mol. The van der Waals surface area contributed by atoms with E-state index in [1.54, 1.807) is 12.3 Å². The molecular formula is C23H31ClFN3O2. The van der Waals surface area contributed by atoms with Crippen LogP contribution < -0.4 is 5.32 Å². The molecule has 1 N–H and O–H groups in total. The third-order valence-electron chi connectivity index (χ3n) is 5.66. The zero-order chi connectivity index (χ0) is 22.1. The molecule has 30 heavy (non-hydrogen) atoms. The molecular weight excluding hydrogens is 405 g/mol. The van der Waals surface area contributed by atoms with E-state index in [-0.39, 0.29) is 27.7 Å². The fourth-order valence-corrected chi connectivity index (χ4v) is 4.45. The van der Waals surface area contributed by atoms with E-state index >= 15 is 0 Å². The minimum atomic E-state index is -0.455. The molecule has 2 heterocycles. The number of benzene rings is 1. The van der Waals surface area contributed by atoms with Gasteiger partial charge in [-0.3, -0.25) is 9.69 Å². The van der Waals surface area contributed by atoms with E-state index in [1.807, 2.05) is 13.8 Å². The Hall–Kier alpha value is -1.92. The number of carbonyl (C=O) groups excluding carboxylic acids is 1. The van der Waals surface area contributed by atoms with Crippen molar-refractivity contribution in [2.24, 2.45) is 11.3 Å². The van der Waals surface area contributed by atoms with Crippen molar-refractivity contribution in [1.82, 2.24) is 9.88 Å². The van der Waals surface area contributed by atoms with Crippen molar-refractivity contribution in [2.75, 3.05) is 18.4 Å². The van der Waals surface area contributed by atoms with Crippen LogP contribution >= 0.6 is 11.6 Å². The zero-order valence-corrected chi connectivity index (χ0v) is 19.1. The van der Waals surface area contributed by atoms with E-state index in [2.05, 4.69) is 36.0 Å². The maximum atomic E-state index is 13.4. The van der Waals surface area contributed by atoms with Gasteiger partial charge < -0.3 is 9.73 Å². The van der Waals surface area contributed by atoms with Gasteiger partial charge in [-0.25, -0.2) is 9.37 Å². The minimum absolute atomic E-state index is 0.0155. The Morgan fingerprint density at radius 2 is 1.97 bits per heavy atom. The number of amides is 1. The number of hydrogen-bond acceptors (Lipinski definition) is 4. The molecule has 1 spiro atoms. The Morgan fingerprint density at radius 3 is 2.53 bits per heavy atom. The molecule has 0 radical (unpaired) electrons. The quantitative estimate of drug-likeness (QED) is 0.674.